The number of carbonyl (C=O) groups is 1. The third-order valence-electron chi connectivity index (χ3n) is 4.50. The first-order chi connectivity index (χ1) is 11.8. The monoisotopic (exact) mass is 365 g/mol. The fourth-order valence-corrected chi connectivity index (χ4v) is 4.66. The van der Waals surface area contributed by atoms with E-state index in [1.165, 1.54) is 0 Å². The van der Waals surface area contributed by atoms with Crippen molar-refractivity contribution in [1.82, 2.24) is 24.5 Å². The second-order valence-corrected chi connectivity index (χ2v) is 8.66. The highest BCUT2D eigenvalue weighted by atomic mass is 32.2. The normalized spacial score (nSPS) is 20.0. The molecule has 2 aromatic heterocycles. The van der Waals surface area contributed by atoms with Crippen LogP contribution in [-0.2, 0) is 27.7 Å². The number of nitrogens with zero attached hydrogens (tertiary/aromatic N) is 5. The van der Waals surface area contributed by atoms with Gasteiger partial charge in [0, 0.05) is 30.5 Å². The molecule has 8 nitrogen and oxygen atoms in total. The van der Waals surface area contributed by atoms with Crippen LogP contribution in [0.2, 0.25) is 0 Å². The van der Waals surface area contributed by atoms with Gasteiger partial charge in [-0.25, -0.2) is 8.42 Å². The van der Waals surface area contributed by atoms with Gasteiger partial charge in [0.25, 0.3) is 0 Å². The van der Waals surface area contributed by atoms with E-state index in [1.54, 1.807) is 20.5 Å². The number of sulfone groups is 1. The van der Waals surface area contributed by atoms with Crippen molar-refractivity contribution < 1.29 is 13.2 Å². The van der Waals surface area contributed by atoms with Gasteiger partial charge in [-0.15, -0.1) is 0 Å². The van der Waals surface area contributed by atoms with Crippen molar-refractivity contribution in [3.8, 4) is 0 Å². The summed E-state index contributed by atoms with van der Waals surface area (Å²) in [5.41, 5.74) is 2.52. The summed E-state index contributed by atoms with van der Waals surface area (Å²) >= 11 is 0. The number of amides is 1. The minimum atomic E-state index is -3.17. The Morgan fingerprint density at radius 2 is 2.12 bits per heavy atom. The maximum Gasteiger partial charge on any atom is 0.244 e. The van der Waals surface area contributed by atoms with Gasteiger partial charge in [-0.05, 0) is 26.8 Å². The Morgan fingerprint density at radius 1 is 1.36 bits per heavy atom. The van der Waals surface area contributed by atoms with Gasteiger partial charge in [-0.2, -0.15) is 10.2 Å². The number of aromatic nitrogens is 4. The molecule has 1 aliphatic heterocycles. The molecule has 2 aromatic rings. The van der Waals surface area contributed by atoms with Crippen LogP contribution in [0.3, 0.4) is 0 Å². The lowest BCUT2D eigenvalue weighted by Crippen LogP contribution is -2.47. The molecule has 0 bridgehead atoms. The molecule has 0 unspecified atom stereocenters. The molecule has 0 saturated carbocycles. The van der Waals surface area contributed by atoms with Crippen LogP contribution in [-0.4, -0.2) is 56.8 Å². The van der Waals surface area contributed by atoms with E-state index in [1.807, 2.05) is 33.0 Å². The molecule has 25 heavy (non-hydrogen) atoms. The van der Waals surface area contributed by atoms with E-state index in [0.29, 0.717) is 6.54 Å². The predicted octanol–water partition coefficient (Wildman–Crippen LogP) is 0.715. The van der Waals surface area contributed by atoms with Crippen LogP contribution in [0.15, 0.2) is 18.5 Å². The molecule has 136 valence electrons. The Hall–Kier alpha value is -2.16. The van der Waals surface area contributed by atoms with Crippen LogP contribution in [0.5, 0.6) is 0 Å². The van der Waals surface area contributed by atoms with Crippen molar-refractivity contribution in [1.29, 1.82) is 0 Å². The summed E-state index contributed by atoms with van der Waals surface area (Å²) in [6.07, 6.45) is 3.47. The minimum absolute atomic E-state index is 0.00568. The number of hydrogen-bond donors (Lipinski definition) is 0. The predicted molar refractivity (Wildman–Crippen MR) is 92.7 cm³/mol. The third kappa shape index (κ3) is 3.76. The molecular weight excluding hydrogens is 342 g/mol. The van der Waals surface area contributed by atoms with Crippen molar-refractivity contribution in [3.05, 3.63) is 35.4 Å². The molecule has 0 radical (unpaired) electrons. The Bertz CT molecular complexity index is 883. The first-order valence-electron chi connectivity index (χ1n) is 8.32. The van der Waals surface area contributed by atoms with Gasteiger partial charge in [0.15, 0.2) is 9.84 Å². The summed E-state index contributed by atoms with van der Waals surface area (Å²) in [5, 5.41) is 8.54. The van der Waals surface area contributed by atoms with E-state index in [2.05, 4.69) is 10.2 Å². The first-order valence-corrected chi connectivity index (χ1v) is 10.1. The zero-order valence-electron chi connectivity index (χ0n) is 14.7. The molecule has 9 heteroatoms. The molecule has 1 aliphatic rings. The fourth-order valence-electron chi connectivity index (χ4n) is 3.16. The molecule has 1 fully saturated rings. The van der Waals surface area contributed by atoms with Crippen molar-refractivity contribution in [2.24, 2.45) is 0 Å². The first kappa shape index (κ1) is 17.7. The highest BCUT2D eigenvalue weighted by Gasteiger charge is 2.36. The highest BCUT2D eigenvalue weighted by molar-refractivity contribution is 7.91. The van der Waals surface area contributed by atoms with Crippen molar-refractivity contribution >= 4 is 15.7 Å². The Labute approximate surface area is 147 Å². The van der Waals surface area contributed by atoms with E-state index in [9.17, 15) is 13.2 Å². The zero-order chi connectivity index (χ0) is 18.2. The topological polar surface area (TPSA) is 90.1 Å². The fraction of sp³-hybridized carbons (Fsp3) is 0.562. The Balaban J connectivity index is 1.86. The van der Waals surface area contributed by atoms with Gasteiger partial charge in [0.1, 0.15) is 6.54 Å². The molecule has 1 saturated heterocycles. The highest BCUT2D eigenvalue weighted by Crippen LogP contribution is 2.27. The zero-order valence-corrected chi connectivity index (χ0v) is 15.5. The Morgan fingerprint density at radius 3 is 2.72 bits per heavy atom. The summed E-state index contributed by atoms with van der Waals surface area (Å²) in [4.78, 5) is 14.5. The molecule has 3 rings (SSSR count). The van der Waals surface area contributed by atoms with Crippen molar-refractivity contribution in [3.63, 3.8) is 0 Å². The number of rotatable bonds is 4. The summed E-state index contributed by atoms with van der Waals surface area (Å²) in [6.45, 7) is 6.74. The van der Waals surface area contributed by atoms with Crippen LogP contribution < -0.4 is 0 Å². The molecule has 0 spiro atoms. The molecule has 0 aliphatic carbocycles. The van der Waals surface area contributed by atoms with Gasteiger partial charge < -0.3 is 4.90 Å². The minimum Gasteiger partial charge on any atom is -0.332 e. The smallest absolute Gasteiger partial charge is 0.244 e. The van der Waals surface area contributed by atoms with Gasteiger partial charge in [-0.1, -0.05) is 0 Å². The van der Waals surface area contributed by atoms with Crippen LogP contribution in [0.1, 0.15) is 29.9 Å². The van der Waals surface area contributed by atoms with Crippen LogP contribution in [0.25, 0.3) is 0 Å². The largest absolute Gasteiger partial charge is 0.332 e. The second-order valence-electron chi connectivity index (χ2n) is 6.43. The lowest BCUT2D eigenvalue weighted by molar-refractivity contribution is -0.134. The quantitative estimate of drug-likeness (QED) is 0.796. The van der Waals surface area contributed by atoms with E-state index in [4.69, 9.17) is 0 Å². The molecule has 0 N–H and O–H groups in total. The summed E-state index contributed by atoms with van der Waals surface area (Å²) in [6, 6.07) is 1.42. The molecule has 1 amide bonds. The van der Waals surface area contributed by atoms with Crippen molar-refractivity contribution in [2.45, 2.75) is 39.9 Å². The lowest BCUT2D eigenvalue weighted by atomic mass is 10.1. The molecule has 1 atom stereocenters. The molecule has 0 aromatic carbocycles. The molecular formula is C16H23N5O3S. The average molecular weight is 365 g/mol. The summed E-state index contributed by atoms with van der Waals surface area (Å²) in [5.74, 6) is -0.199. The molecule has 3 heterocycles. The summed E-state index contributed by atoms with van der Waals surface area (Å²) < 4.78 is 27.6. The maximum absolute atomic E-state index is 12.8. The number of hydrogen-bond acceptors (Lipinski definition) is 5. The van der Waals surface area contributed by atoms with E-state index in [-0.39, 0.29) is 30.5 Å². The third-order valence-corrected chi connectivity index (χ3v) is 6.13. The van der Waals surface area contributed by atoms with Gasteiger partial charge in [-0.3, -0.25) is 14.2 Å². The van der Waals surface area contributed by atoms with Crippen LogP contribution >= 0.6 is 0 Å². The average Bonchev–Trinajstić information content (AvgIpc) is 3.13. The SMILES string of the molecule is CCn1cc([C@@H]2CS(=O)(=O)CCN2C(=O)Cn2nc(C)cc2C)cn1. The Kier molecular flexibility index (Phi) is 4.68. The van der Waals surface area contributed by atoms with Crippen LogP contribution in [0, 0.1) is 13.8 Å². The number of carbonyl (C=O) groups excluding carboxylic acids is 1. The van der Waals surface area contributed by atoms with Crippen LogP contribution in [0.4, 0.5) is 0 Å². The maximum atomic E-state index is 12.8. The standard InChI is InChI=1S/C16H23N5O3S/c1-4-19-9-14(8-17-19)15-11-25(23,24)6-5-20(15)16(22)10-21-13(3)7-12(2)18-21/h7-9,15H,4-6,10-11H2,1-3H3/t15-/m0/s1. The number of aryl methyl sites for hydroxylation is 3. The van der Waals surface area contributed by atoms with Gasteiger partial charge in [0.05, 0.1) is 29.4 Å². The van der Waals surface area contributed by atoms with E-state index in [0.717, 1.165) is 17.0 Å². The van der Waals surface area contributed by atoms with Gasteiger partial charge >= 0.3 is 0 Å². The van der Waals surface area contributed by atoms with Crippen molar-refractivity contribution in [2.75, 3.05) is 18.1 Å². The van der Waals surface area contributed by atoms with E-state index < -0.39 is 15.9 Å². The van der Waals surface area contributed by atoms with E-state index >= 15 is 0 Å². The summed E-state index contributed by atoms with van der Waals surface area (Å²) in [7, 11) is -3.17. The second kappa shape index (κ2) is 6.62. The lowest BCUT2D eigenvalue weighted by Gasteiger charge is -2.35. The van der Waals surface area contributed by atoms with Gasteiger partial charge in [0.2, 0.25) is 5.91 Å².